The fraction of sp³-hybridized carbons (Fsp3) is 0.588. The summed E-state index contributed by atoms with van der Waals surface area (Å²) in [7, 11) is 0. The van der Waals surface area contributed by atoms with Crippen molar-refractivity contribution in [2.24, 2.45) is 11.1 Å². The summed E-state index contributed by atoms with van der Waals surface area (Å²) in [6, 6.07) is 7.55. The Kier molecular flexibility index (Phi) is 5.01. The summed E-state index contributed by atoms with van der Waals surface area (Å²) in [4.78, 5) is 14.6. The van der Waals surface area contributed by atoms with Crippen LogP contribution in [0.3, 0.4) is 0 Å². The van der Waals surface area contributed by atoms with Crippen molar-refractivity contribution in [1.82, 2.24) is 4.90 Å². The van der Waals surface area contributed by atoms with E-state index in [2.05, 4.69) is 16.3 Å². The summed E-state index contributed by atoms with van der Waals surface area (Å²) in [6.45, 7) is 9.22. The molecule has 0 aromatic heterocycles. The van der Waals surface area contributed by atoms with E-state index in [4.69, 9.17) is 5.73 Å². The molecule has 4 nitrogen and oxygen atoms in total. The SMILES string of the molecule is CC(C)(C)[C@H](N)C(=O)Nc1cccc(CN2CCCC2)c1. The largest absolute Gasteiger partial charge is 0.325 e. The van der Waals surface area contributed by atoms with Crippen LogP contribution < -0.4 is 11.1 Å². The van der Waals surface area contributed by atoms with Crippen LogP contribution in [0.25, 0.3) is 0 Å². The van der Waals surface area contributed by atoms with E-state index in [-0.39, 0.29) is 11.3 Å². The average molecular weight is 289 g/mol. The molecule has 0 aliphatic carbocycles. The van der Waals surface area contributed by atoms with Crippen LogP contribution >= 0.6 is 0 Å². The quantitative estimate of drug-likeness (QED) is 0.895. The van der Waals surface area contributed by atoms with Crippen LogP contribution in [0.5, 0.6) is 0 Å². The number of benzene rings is 1. The van der Waals surface area contributed by atoms with Gasteiger partial charge in [-0.2, -0.15) is 0 Å². The van der Waals surface area contributed by atoms with Crippen molar-refractivity contribution in [3.63, 3.8) is 0 Å². The maximum absolute atomic E-state index is 12.2. The van der Waals surface area contributed by atoms with Gasteiger partial charge in [0.25, 0.3) is 0 Å². The van der Waals surface area contributed by atoms with Gasteiger partial charge in [0, 0.05) is 12.2 Å². The molecule has 0 spiro atoms. The van der Waals surface area contributed by atoms with Gasteiger partial charge in [-0.1, -0.05) is 32.9 Å². The van der Waals surface area contributed by atoms with E-state index in [0.717, 1.165) is 12.2 Å². The van der Waals surface area contributed by atoms with E-state index in [0.29, 0.717) is 0 Å². The minimum Gasteiger partial charge on any atom is -0.325 e. The predicted octanol–water partition coefficient (Wildman–Crippen LogP) is 2.59. The summed E-state index contributed by atoms with van der Waals surface area (Å²) >= 11 is 0. The lowest BCUT2D eigenvalue weighted by atomic mass is 9.87. The van der Waals surface area contributed by atoms with Crippen molar-refractivity contribution >= 4 is 11.6 Å². The number of likely N-dealkylation sites (tertiary alicyclic amines) is 1. The van der Waals surface area contributed by atoms with Crippen LogP contribution in [0.2, 0.25) is 0 Å². The first-order valence-electron chi connectivity index (χ1n) is 7.74. The lowest BCUT2D eigenvalue weighted by Crippen LogP contribution is -2.45. The lowest BCUT2D eigenvalue weighted by molar-refractivity contribution is -0.119. The number of nitrogens with one attached hydrogen (secondary N) is 1. The first kappa shape index (κ1) is 16.0. The molecule has 1 amide bonds. The molecule has 21 heavy (non-hydrogen) atoms. The Bertz CT molecular complexity index is 487. The molecule has 1 saturated heterocycles. The number of amides is 1. The van der Waals surface area contributed by atoms with E-state index in [1.165, 1.54) is 31.5 Å². The molecule has 0 saturated carbocycles. The van der Waals surface area contributed by atoms with E-state index in [1.807, 2.05) is 39.0 Å². The Balaban J connectivity index is 1.98. The van der Waals surface area contributed by atoms with Crippen molar-refractivity contribution in [2.45, 2.75) is 46.2 Å². The highest BCUT2D eigenvalue weighted by Crippen LogP contribution is 2.20. The third kappa shape index (κ3) is 4.55. The van der Waals surface area contributed by atoms with Gasteiger partial charge >= 0.3 is 0 Å². The van der Waals surface area contributed by atoms with Crippen molar-refractivity contribution in [1.29, 1.82) is 0 Å². The topological polar surface area (TPSA) is 58.4 Å². The minimum absolute atomic E-state index is 0.124. The second-order valence-electron chi connectivity index (χ2n) is 7.02. The second kappa shape index (κ2) is 6.58. The van der Waals surface area contributed by atoms with Gasteiger partial charge < -0.3 is 11.1 Å². The molecular formula is C17H27N3O. The van der Waals surface area contributed by atoms with E-state index >= 15 is 0 Å². The smallest absolute Gasteiger partial charge is 0.241 e. The summed E-state index contributed by atoms with van der Waals surface area (Å²) in [5, 5.41) is 2.93. The first-order valence-corrected chi connectivity index (χ1v) is 7.74. The maximum atomic E-state index is 12.2. The number of nitrogens with two attached hydrogens (primary N) is 1. The molecule has 3 N–H and O–H groups in total. The monoisotopic (exact) mass is 289 g/mol. The Labute approximate surface area is 127 Å². The Morgan fingerprint density at radius 1 is 1.33 bits per heavy atom. The molecule has 1 fully saturated rings. The van der Waals surface area contributed by atoms with Crippen LogP contribution in [0.1, 0.15) is 39.2 Å². The molecule has 0 bridgehead atoms. The highest BCUT2D eigenvalue weighted by Gasteiger charge is 2.27. The molecule has 1 heterocycles. The van der Waals surface area contributed by atoms with Gasteiger partial charge in [-0.3, -0.25) is 9.69 Å². The van der Waals surface area contributed by atoms with E-state index in [1.54, 1.807) is 0 Å². The Morgan fingerprint density at radius 2 is 2.00 bits per heavy atom. The zero-order chi connectivity index (χ0) is 15.5. The number of carbonyl (C=O) groups is 1. The third-order valence-corrected chi connectivity index (χ3v) is 4.01. The normalized spacial score (nSPS) is 17.7. The molecule has 2 rings (SSSR count). The number of hydrogen-bond acceptors (Lipinski definition) is 3. The standard InChI is InChI=1S/C17H27N3O/c1-17(2,3)15(18)16(21)19-14-8-6-7-13(11-14)12-20-9-4-5-10-20/h6-8,11,15H,4-5,9-10,12,18H2,1-3H3,(H,19,21)/t15-/m1/s1. The second-order valence-corrected chi connectivity index (χ2v) is 7.02. The highest BCUT2D eigenvalue weighted by molar-refractivity contribution is 5.95. The lowest BCUT2D eigenvalue weighted by Gasteiger charge is -2.26. The van der Waals surface area contributed by atoms with Crippen LogP contribution in [0.15, 0.2) is 24.3 Å². The van der Waals surface area contributed by atoms with Crippen LogP contribution in [-0.2, 0) is 11.3 Å². The number of carbonyl (C=O) groups excluding carboxylic acids is 1. The molecule has 4 heteroatoms. The summed E-state index contributed by atoms with van der Waals surface area (Å²) in [5.41, 5.74) is 7.82. The van der Waals surface area contributed by atoms with Crippen molar-refractivity contribution in [3.05, 3.63) is 29.8 Å². The minimum atomic E-state index is -0.514. The van der Waals surface area contributed by atoms with Gasteiger partial charge in [0.05, 0.1) is 6.04 Å². The maximum Gasteiger partial charge on any atom is 0.241 e. The van der Waals surface area contributed by atoms with E-state index in [9.17, 15) is 4.79 Å². The highest BCUT2D eigenvalue weighted by atomic mass is 16.2. The number of hydrogen-bond donors (Lipinski definition) is 2. The number of nitrogens with zero attached hydrogens (tertiary/aromatic N) is 1. The van der Waals surface area contributed by atoms with Gasteiger partial charge in [0.15, 0.2) is 0 Å². The molecule has 116 valence electrons. The van der Waals surface area contributed by atoms with Crippen LogP contribution in [0, 0.1) is 5.41 Å². The third-order valence-electron chi connectivity index (χ3n) is 4.01. The molecule has 1 aliphatic heterocycles. The van der Waals surface area contributed by atoms with E-state index < -0.39 is 6.04 Å². The summed E-state index contributed by atoms with van der Waals surface area (Å²) in [5.74, 6) is -0.124. The molecule has 1 aliphatic rings. The Morgan fingerprint density at radius 3 is 2.62 bits per heavy atom. The molecule has 1 atom stereocenters. The van der Waals surface area contributed by atoms with Crippen molar-refractivity contribution in [3.8, 4) is 0 Å². The fourth-order valence-corrected chi connectivity index (χ4v) is 2.56. The molecule has 0 unspecified atom stereocenters. The van der Waals surface area contributed by atoms with Gasteiger partial charge in [-0.05, 0) is 49.0 Å². The van der Waals surface area contributed by atoms with Gasteiger partial charge in [-0.15, -0.1) is 0 Å². The average Bonchev–Trinajstić information content (AvgIpc) is 2.90. The van der Waals surface area contributed by atoms with Gasteiger partial charge in [0.2, 0.25) is 5.91 Å². The van der Waals surface area contributed by atoms with Crippen LogP contribution in [0.4, 0.5) is 5.69 Å². The summed E-state index contributed by atoms with van der Waals surface area (Å²) in [6.07, 6.45) is 2.58. The Hall–Kier alpha value is -1.39. The molecular weight excluding hydrogens is 262 g/mol. The number of anilines is 1. The predicted molar refractivity (Wildman–Crippen MR) is 87.0 cm³/mol. The first-order chi connectivity index (χ1) is 9.86. The number of rotatable bonds is 4. The fourth-order valence-electron chi connectivity index (χ4n) is 2.56. The van der Waals surface area contributed by atoms with Gasteiger partial charge in [0.1, 0.15) is 0 Å². The van der Waals surface area contributed by atoms with Crippen LogP contribution in [-0.4, -0.2) is 29.9 Å². The molecule has 1 aromatic rings. The zero-order valence-electron chi connectivity index (χ0n) is 13.4. The van der Waals surface area contributed by atoms with Crippen molar-refractivity contribution < 1.29 is 4.79 Å². The summed E-state index contributed by atoms with van der Waals surface area (Å²) < 4.78 is 0. The van der Waals surface area contributed by atoms with Gasteiger partial charge in [-0.25, -0.2) is 0 Å². The molecule has 1 aromatic carbocycles. The zero-order valence-corrected chi connectivity index (χ0v) is 13.4. The molecule has 0 radical (unpaired) electrons. The van der Waals surface area contributed by atoms with Crippen molar-refractivity contribution in [2.75, 3.05) is 18.4 Å².